The normalized spacial score (nSPS) is 10.7. The molecule has 1 amide bonds. The maximum absolute atomic E-state index is 11.7. The number of aromatic nitrogens is 1. The Kier molecular flexibility index (Phi) is 6.09. The zero-order chi connectivity index (χ0) is 13.5. The lowest BCUT2D eigenvalue weighted by Crippen LogP contribution is -2.36. The SMILES string of the molecule is CCCN(CC(=O)N(C)C)Cc1ccnc(Cl)c1. The van der Waals surface area contributed by atoms with E-state index in [1.54, 1.807) is 25.2 Å². The van der Waals surface area contributed by atoms with E-state index in [0.717, 1.165) is 25.1 Å². The Hall–Kier alpha value is -1.13. The van der Waals surface area contributed by atoms with Crippen molar-refractivity contribution in [1.29, 1.82) is 0 Å². The van der Waals surface area contributed by atoms with Gasteiger partial charge in [-0.05, 0) is 30.7 Å². The van der Waals surface area contributed by atoms with E-state index >= 15 is 0 Å². The third-order valence-electron chi connectivity index (χ3n) is 2.59. The van der Waals surface area contributed by atoms with E-state index in [4.69, 9.17) is 11.6 Å². The Morgan fingerprint density at radius 3 is 2.72 bits per heavy atom. The number of carbonyl (C=O) groups is 1. The highest BCUT2D eigenvalue weighted by Crippen LogP contribution is 2.10. The van der Waals surface area contributed by atoms with E-state index in [1.807, 2.05) is 12.1 Å². The van der Waals surface area contributed by atoms with Gasteiger partial charge in [-0.1, -0.05) is 18.5 Å². The van der Waals surface area contributed by atoms with Crippen LogP contribution in [0.2, 0.25) is 5.15 Å². The summed E-state index contributed by atoms with van der Waals surface area (Å²) in [6.07, 6.45) is 2.70. The third-order valence-corrected chi connectivity index (χ3v) is 2.80. The molecule has 1 rings (SSSR count). The number of amides is 1. The van der Waals surface area contributed by atoms with E-state index in [1.165, 1.54) is 0 Å². The molecule has 0 radical (unpaired) electrons. The van der Waals surface area contributed by atoms with Crippen molar-refractivity contribution in [3.63, 3.8) is 0 Å². The Morgan fingerprint density at radius 1 is 1.44 bits per heavy atom. The molecule has 0 saturated heterocycles. The summed E-state index contributed by atoms with van der Waals surface area (Å²) in [4.78, 5) is 19.4. The maximum Gasteiger partial charge on any atom is 0.236 e. The van der Waals surface area contributed by atoms with E-state index in [0.29, 0.717) is 11.7 Å². The van der Waals surface area contributed by atoms with Gasteiger partial charge < -0.3 is 4.90 Å². The maximum atomic E-state index is 11.7. The van der Waals surface area contributed by atoms with Crippen LogP contribution in [0.1, 0.15) is 18.9 Å². The standard InChI is InChI=1S/C13H20ClN3O/c1-4-7-17(10-13(18)16(2)3)9-11-5-6-15-12(14)8-11/h5-6,8H,4,7,9-10H2,1-3H3. The van der Waals surface area contributed by atoms with Crippen molar-refractivity contribution in [1.82, 2.24) is 14.8 Å². The fourth-order valence-electron chi connectivity index (χ4n) is 1.66. The van der Waals surface area contributed by atoms with Crippen LogP contribution in [0.15, 0.2) is 18.3 Å². The van der Waals surface area contributed by atoms with E-state index in [9.17, 15) is 4.79 Å². The fraction of sp³-hybridized carbons (Fsp3) is 0.538. The lowest BCUT2D eigenvalue weighted by Gasteiger charge is -2.23. The molecule has 0 aliphatic carbocycles. The van der Waals surface area contributed by atoms with Crippen molar-refractivity contribution in [3.05, 3.63) is 29.0 Å². The lowest BCUT2D eigenvalue weighted by molar-refractivity contribution is -0.130. The molecule has 0 aliphatic heterocycles. The van der Waals surface area contributed by atoms with Crippen LogP contribution in [-0.2, 0) is 11.3 Å². The summed E-state index contributed by atoms with van der Waals surface area (Å²) >= 11 is 5.86. The largest absolute Gasteiger partial charge is 0.348 e. The van der Waals surface area contributed by atoms with Crippen molar-refractivity contribution in [2.75, 3.05) is 27.2 Å². The molecule has 4 nitrogen and oxygen atoms in total. The van der Waals surface area contributed by atoms with Crippen molar-refractivity contribution < 1.29 is 4.79 Å². The van der Waals surface area contributed by atoms with Crippen LogP contribution in [-0.4, -0.2) is 47.9 Å². The molecule has 1 heterocycles. The van der Waals surface area contributed by atoms with Crippen LogP contribution in [0.25, 0.3) is 0 Å². The van der Waals surface area contributed by atoms with Gasteiger partial charge in [-0.3, -0.25) is 9.69 Å². The summed E-state index contributed by atoms with van der Waals surface area (Å²) in [5, 5.41) is 0.489. The predicted molar refractivity (Wildman–Crippen MR) is 73.5 cm³/mol. The molecule has 0 atom stereocenters. The van der Waals surface area contributed by atoms with Gasteiger partial charge >= 0.3 is 0 Å². The van der Waals surface area contributed by atoms with Crippen LogP contribution >= 0.6 is 11.6 Å². The highest BCUT2D eigenvalue weighted by molar-refractivity contribution is 6.29. The summed E-state index contributed by atoms with van der Waals surface area (Å²) in [6, 6.07) is 3.76. The van der Waals surface area contributed by atoms with Crippen molar-refractivity contribution in [2.24, 2.45) is 0 Å². The quantitative estimate of drug-likeness (QED) is 0.742. The second kappa shape index (κ2) is 7.34. The number of nitrogens with zero attached hydrogens (tertiary/aromatic N) is 3. The molecule has 0 aliphatic rings. The summed E-state index contributed by atoms with van der Waals surface area (Å²) < 4.78 is 0. The fourth-order valence-corrected chi connectivity index (χ4v) is 1.86. The number of halogens is 1. The van der Waals surface area contributed by atoms with Crippen LogP contribution < -0.4 is 0 Å². The van der Waals surface area contributed by atoms with Crippen molar-refractivity contribution in [3.8, 4) is 0 Å². The molecule has 0 fully saturated rings. The van der Waals surface area contributed by atoms with Gasteiger partial charge in [0.05, 0.1) is 6.54 Å². The average Bonchev–Trinajstić information content (AvgIpc) is 2.29. The van der Waals surface area contributed by atoms with Crippen molar-refractivity contribution >= 4 is 17.5 Å². The van der Waals surface area contributed by atoms with Crippen LogP contribution in [0.5, 0.6) is 0 Å². The summed E-state index contributed by atoms with van der Waals surface area (Å²) in [5.74, 6) is 0.114. The van der Waals surface area contributed by atoms with Gasteiger partial charge in [0, 0.05) is 26.8 Å². The molecule has 100 valence electrons. The number of pyridine rings is 1. The molecule has 18 heavy (non-hydrogen) atoms. The van der Waals surface area contributed by atoms with Gasteiger partial charge in [-0.15, -0.1) is 0 Å². The Morgan fingerprint density at radius 2 is 2.17 bits per heavy atom. The van der Waals surface area contributed by atoms with Crippen LogP contribution in [0, 0.1) is 0 Å². The van der Waals surface area contributed by atoms with E-state index < -0.39 is 0 Å². The summed E-state index contributed by atoms with van der Waals surface area (Å²) in [6.45, 7) is 4.14. The average molecular weight is 270 g/mol. The van der Waals surface area contributed by atoms with Crippen molar-refractivity contribution in [2.45, 2.75) is 19.9 Å². The number of likely N-dealkylation sites (N-methyl/N-ethyl adjacent to an activating group) is 1. The molecular weight excluding hydrogens is 250 g/mol. The highest BCUT2D eigenvalue weighted by atomic mass is 35.5. The van der Waals surface area contributed by atoms with Gasteiger partial charge in [0.15, 0.2) is 0 Å². The predicted octanol–water partition coefficient (Wildman–Crippen LogP) is 2.04. The smallest absolute Gasteiger partial charge is 0.236 e. The zero-order valence-electron chi connectivity index (χ0n) is 11.2. The molecule has 0 spiro atoms. The zero-order valence-corrected chi connectivity index (χ0v) is 11.9. The Labute approximate surface area is 114 Å². The second-order valence-electron chi connectivity index (χ2n) is 4.49. The molecule has 1 aromatic heterocycles. The first kappa shape index (κ1) is 14.9. The van der Waals surface area contributed by atoms with Gasteiger partial charge in [-0.25, -0.2) is 4.98 Å². The molecule has 5 heteroatoms. The molecule has 0 saturated carbocycles. The Balaban J connectivity index is 2.65. The number of hydrogen-bond acceptors (Lipinski definition) is 3. The molecule has 0 bridgehead atoms. The van der Waals surface area contributed by atoms with E-state index in [-0.39, 0.29) is 5.91 Å². The third kappa shape index (κ3) is 5.02. The Bertz CT molecular complexity index is 396. The minimum atomic E-state index is 0.114. The minimum Gasteiger partial charge on any atom is -0.348 e. The molecule has 1 aromatic rings. The first-order valence-electron chi connectivity index (χ1n) is 6.06. The topological polar surface area (TPSA) is 36.4 Å². The van der Waals surface area contributed by atoms with E-state index in [2.05, 4.69) is 16.8 Å². The summed E-state index contributed by atoms with van der Waals surface area (Å²) in [7, 11) is 3.55. The number of hydrogen-bond donors (Lipinski definition) is 0. The molecule has 0 aromatic carbocycles. The first-order chi connectivity index (χ1) is 8.52. The van der Waals surface area contributed by atoms with Crippen LogP contribution in [0.4, 0.5) is 0 Å². The van der Waals surface area contributed by atoms with Gasteiger partial charge in [0.2, 0.25) is 5.91 Å². The second-order valence-corrected chi connectivity index (χ2v) is 4.87. The first-order valence-corrected chi connectivity index (χ1v) is 6.43. The minimum absolute atomic E-state index is 0.114. The summed E-state index contributed by atoms with van der Waals surface area (Å²) in [5.41, 5.74) is 1.08. The van der Waals surface area contributed by atoms with Gasteiger partial charge in [-0.2, -0.15) is 0 Å². The molecule has 0 unspecified atom stereocenters. The number of carbonyl (C=O) groups excluding carboxylic acids is 1. The van der Waals surface area contributed by atoms with Gasteiger partial charge in [0.1, 0.15) is 5.15 Å². The lowest BCUT2D eigenvalue weighted by atomic mass is 10.2. The number of rotatable bonds is 6. The van der Waals surface area contributed by atoms with Gasteiger partial charge in [0.25, 0.3) is 0 Å². The molecule has 0 N–H and O–H groups in total. The monoisotopic (exact) mass is 269 g/mol. The molecular formula is C13H20ClN3O. The highest BCUT2D eigenvalue weighted by Gasteiger charge is 2.12. The van der Waals surface area contributed by atoms with Crippen LogP contribution in [0.3, 0.4) is 0 Å².